The van der Waals surface area contributed by atoms with Crippen LogP contribution >= 0.6 is 0 Å². The van der Waals surface area contributed by atoms with Gasteiger partial charge >= 0.3 is 0 Å². The Balaban J connectivity index is 3.20. The number of aliphatic hydroxyl groups is 1. The zero-order chi connectivity index (χ0) is 9.84. The van der Waals surface area contributed by atoms with Crippen LogP contribution in [0.2, 0.25) is 0 Å². The molecule has 2 nitrogen and oxygen atoms in total. The topological polar surface area (TPSA) is 37.3 Å². The van der Waals surface area contributed by atoms with Gasteiger partial charge in [-0.2, -0.15) is 0 Å². The molecule has 0 heterocycles. The summed E-state index contributed by atoms with van der Waals surface area (Å²) >= 11 is 0. The molecule has 1 N–H and O–H groups in total. The van der Waals surface area contributed by atoms with Crippen LogP contribution < -0.4 is 0 Å². The number of aliphatic hydroxyl groups excluding tert-OH is 1. The van der Waals surface area contributed by atoms with Gasteiger partial charge in [0.2, 0.25) is 0 Å². The minimum atomic E-state index is -0.0618. The van der Waals surface area contributed by atoms with Gasteiger partial charge in [-0.15, -0.1) is 0 Å². The highest BCUT2D eigenvalue weighted by atomic mass is 16.3. The van der Waals surface area contributed by atoms with E-state index in [0.29, 0.717) is 12.0 Å². The van der Waals surface area contributed by atoms with Gasteiger partial charge in [-0.3, -0.25) is 4.79 Å². The minimum Gasteiger partial charge on any atom is -0.392 e. The molecule has 0 aliphatic heterocycles. The van der Waals surface area contributed by atoms with Gasteiger partial charge in [0.05, 0.1) is 6.61 Å². The van der Waals surface area contributed by atoms with E-state index in [0.717, 1.165) is 11.1 Å². The van der Waals surface area contributed by atoms with E-state index in [2.05, 4.69) is 0 Å². The number of hydrogen-bond acceptors (Lipinski definition) is 2. The number of rotatable bonds is 3. The van der Waals surface area contributed by atoms with Crippen LogP contribution in [0.5, 0.6) is 0 Å². The SMILES string of the molecule is CCC(=O)c1cccc(C)c1CO. The zero-order valence-corrected chi connectivity index (χ0v) is 8.00. The number of Topliss-reactive ketones (excluding diaryl/α,β-unsaturated/α-hetero) is 1. The third kappa shape index (κ3) is 1.95. The van der Waals surface area contributed by atoms with Crippen LogP contribution in [0.4, 0.5) is 0 Å². The number of benzene rings is 1. The number of carbonyl (C=O) groups is 1. The molecular formula is C11H14O2. The zero-order valence-electron chi connectivity index (χ0n) is 8.00. The van der Waals surface area contributed by atoms with Crippen LogP contribution in [-0.4, -0.2) is 10.9 Å². The molecule has 0 radical (unpaired) electrons. The Morgan fingerprint density at radius 3 is 2.69 bits per heavy atom. The largest absolute Gasteiger partial charge is 0.392 e. The second kappa shape index (κ2) is 4.19. The fraction of sp³-hybridized carbons (Fsp3) is 0.364. The fourth-order valence-corrected chi connectivity index (χ4v) is 1.36. The van der Waals surface area contributed by atoms with Crippen molar-refractivity contribution in [2.24, 2.45) is 0 Å². The van der Waals surface area contributed by atoms with Crippen LogP contribution in [0.25, 0.3) is 0 Å². The van der Waals surface area contributed by atoms with Crippen molar-refractivity contribution in [2.75, 3.05) is 0 Å². The van der Waals surface area contributed by atoms with E-state index in [1.54, 1.807) is 6.07 Å². The first-order valence-electron chi connectivity index (χ1n) is 4.43. The van der Waals surface area contributed by atoms with Crippen LogP contribution in [0.3, 0.4) is 0 Å². The van der Waals surface area contributed by atoms with Crippen LogP contribution in [0, 0.1) is 6.92 Å². The molecule has 0 aliphatic rings. The molecule has 0 saturated heterocycles. The van der Waals surface area contributed by atoms with Crippen molar-refractivity contribution >= 4 is 5.78 Å². The Morgan fingerprint density at radius 2 is 2.15 bits per heavy atom. The van der Waals surface area contributed by atoms with Crippen molar-refractivity contribution in [2.45, 2.75) is 26.9 Å². The molecule has 13 heavy (non-hydrogen) atoms. The van der Waals surface area contributed by atoms with Crippen LogP contribution in [0.15, 0.2) is 18.2 Å². The maximum absolute atomic E-state index is 11.4. The van der Waals surface area contributed by atoms with Crippen molar-refractivity contribution in [3.63, 3.8) is 0 Å². The molecule has 1 aromatic rings. The Morgan fingerprint density at radius 1 is 1.46 bits per heavy atom. The van der Waals surface area contributed by atoms with E-state index in [-0.39, 0.29) is 12.4 Å². The molecule has 0 aromatic heterocycles. The van der Waals surface area contributed by atoms with Gasteiger partial charge in [-0.25, -0.2) is 0 Å². The van der Waals surface area contributed by atoms with Crippen LogP contribution in [0.1, 0.15) is 34.8 Å². The van der Waals surface area contributed by atoms with Crippen LogP contribution in [-0.2, 0) is 6.61 Å². The third-order valence-corrected chi connectivity index (χ3v) is 2.19. The lowest BCUT2D eigenvalue weighted by molar-refractivity contribution is 0.0985. The van der Waals surface area contributed by atoms with Crippen molar-refractivity contribution in [3.05, 3.63) is 34.9 Å². The number of hydrogen-bond donors (Lipinski definition) is 1. The third-order valence-electron chi connectivity index (χ3n) is 2.19. The maximum Gasteiger partial charge on any atom is 0.162 e. The Kier molecular flexibility index (Phi) is 3.20. The highest BCUT2D eigenvalue weighted by molar-refractivity contribution is 5.97. The molecule has 70 valence electrons. The normalized spacial score (nSPS) is 10.1. The molecule has 2 heteroatoms. The Labute approximate surface area is 78.2 Å². The summed E-state index contributed by atoms with van der Waals surface area (Å²) in [5.41, 5.74) is 2.39. The van der Waals surface area contributed by atoms with Gasteiger partial charge < -0.3 is 5.11 Å². The second-order valence-corrected chi connectivity index (χ2v) is 3.04. The summed E-state index contributed by atoms with van der Waals surface area (Å²) in [7, 11) is 0. The van der Waals surface area contributed by atoms with Crippen molar-refractivity contribution in [1.29, 1.82) is 0 Å². The molecule has 1 rings (SSSR count). The summed E-state index contributed by atoms with van der Waals surface area (Å²) in [6, 6.07) is 5.51. The summed E-state index contributed by atoms with van der Waals surface area (Å²) in [5, 5.41) is 9.09. The number of aryl methyl sites for hydroxylation is 1. The lowest BCUT2D eigenvalue weighted by atomic mass is 9.98. The van der Waals surface area contributed by atoms with Crippen molar-refractivity contribution in [3.8, 4) is 0 Å². The standard InChI is InChI=1S/C11H14O2/c1-3-11(13)9-6-4-5-8(2)10(9)7-12/h4-6,12H,3,7H2,1-2H3. The molecule has 0 unspecified atom stereocenters. The fourth-order valence-electron chi connectivity index (χ4n) is 1.36. The monoisotopic (exact) mass is 178 g/mol. The average Bonchev–Trinajstić information content (AvgIpc) is 2.16. The van der Waals surface area contributed by atoms with E-state index in [9.17, 15) is 4.79 Å². The maximum atomic E-state index is 11.4. The first-order valence-corrected chi connectivity index (χ1v) is 4.43. The van der Waals surface area contributed by atoms with E-state index >= 15 is 0 Å². The molecule has 0 fully saturated rings. The molecule has 0 aliphatic carbocycles. The molecule has 0 atom stereocenters. The Hall–Kier alpha value is -1.15. The first-order chi connectivity index (χ1) is 6.20. The summed E-state index contributed by atoms with van der Waals surface area (Å²) in [4.78, 5) is 11.4. The van der Waals surface area contributed by atoms with Gasteiger partial charge in [0.25, 0.3) is 0 Å². The lowest BCUT2D eigenvalue weighted by Gasteiger charge is -2.07. The predicted molar refractivity (Wildman–Crippen MR) is 51.7 cm³/mol. The van der Waals surface area contributed by atoms with E-state index in [1.807, 2.05) is 26.0 Å². The van der Waals surface area contributed by atoms with E-state index in [1.165, 1.54) is 0 Å². The molecule has 0 spiro atoms. The van der Waals surface area contributed by atoms with Gasteiger partial charge in [0.15, 0.2) is 5.78 Å². The molecule has 0 saturated carbocycles. The lowest BCUT2D eigenvalue weighted by Crippen LogP contribution is -2.04. The summed E-state index contributed by atoms with van der Waals surface area (Å²) in [6.45, 7) is 3.66. The average molecular weight is 178 g/mol. The smallest absolute Gasteiger partial charge is 0.162 e. The summed E-state index contributed by atoms with van der Waals surface area (Å²) < 4.78 is 0. The number of ketones is 1. The van der Waals surface area contributed by atoms with Crippen molar-refractivity contribution < 1.29 is 9.90 Å². The highest BCUT2D eigenvalue weighted by Crippen LogP contribution is 2.15. The second-order valence-electron chi connectivity index (χ2n) is 3.04. The van der Waals surface area contributed by atoms with Gasteiger partial charge in [0.1, 0.15) is 0 Å². The van der Waals surface area contributed by atoms with Gasteiger partial charge in [-0.05, 0) is 18.1 Å². The summed E-state index contributed by atoms with van der Waals surface area (Å²) in [6.07, 6.45) is 0.483. The van der Waals surface area contributed by atoms with E-state index in [4.69, 9.17) is 5.11 Å². The molecule has 0 bridgehead atoms. The van der Waals surface area contributed by atoms with Gasteiger partial charge in [0, 0.05) is 12.0 Å². The molecule has 1 aromatic carbocycles. The minimum absolute atomic E-state index is 0.0618. The summed E-state index contributed by atoms with van der Waals surface area (Å²) in [5.74, 6) is 0.0905. The van der Waals surface area contributed by atoms with Gasteiger partial charge in [-0.1, -0.05) is 25.1 Å². The van der Waals surface area contributed by atoms with Crippen molar-refractivity contribution in [1.82, 2.24) is 0 Å². The molecule has 0 amide bonds. The quantitative estimate of drug-likeness (QED) is 0.719. The Bertz CT molecular complexity index is 316. The predicted octanol–water partition coefficient (Wildman–Crippen LogP) is 2.08. The van der Waals surface area contributed by atoms with E-state index < -0.39 is 0 Å². The first kappa shape index (κ1) is 9.93. The highest BCUT2D eigenvalue weighted by Gasteiger charge is 2.09. The molecular weight excluding hydrogens is 164 g/mol. The number of carbonyl (C=O) groups excluding carboxylic acids is 1.